The fourth-order valence-electron chi connectivity index (χ4n) is 3.68. The Morgan fingerprint density at radius 1 is 1.35 bits per heavy atom. The van der Waals surface area contributed by atoms with Crippen molar-refractivity contribution in [3.05, 3.63) is 0 Å². The third-order valence-electron chi connectivity index (χ3n) is 4.33. The van der Waals surface area contributed by atoms with Crippen molar-refractivity contribution >= 4 is 15.9 Å². The molecule has 1 unspecified atom stereocenters. The predicted octanol–water partition coefficient (Wildman–Crippen LogP) is 2.92. The summed E-state index contributed by atoms with van der Waals surface area (Å²) in [5.74, 6) is 0. The number of halogens is 1. The Bertz CT molecular complexity index is 343. The topological polar surface area (TPSA) is 42.2 Å². The molecule has 2 heterocycles. The number of nitriles is 1. The van der Waals surface area contributed by atoms with Gasteiger partial charge < -0.3 is 9.47 Å². The molecule has 1 saturated carbocycles. The Morgan fingerprint density at radius 2 is 2.24 bits per heavy atom. The fourth-order valence-corrected chi connectivity index (χ4v) is 4.64. The van der Waals surface area contributed by atoms with Crippen LogP contribution in [0.5, 0.6) is 0 Å². The molecule has 3 rings (SSSR count). The smallest absolute Gasteiger partial charge is 0.0982 e. The van der Waals surface area contributed by atoms with Gasteiger partial charge in [-0.3, -0.25) is 0 Å². The van der Waals surface area contributed by atoms with Crippen molar-refractivity contribution in [1.29, 1.82) is 5.26 Å². The van der Waals surface area contributed by atoms with Gasteiger partial charge in [-0.25, -0.2) is 0 Å². The van der Waals surface area contributed by atoms with Crippen molar-refractivity contribution in [1.82, 2.24) is 0 Å². The van der Waals surface area contributed by atoms with E-state index < -0.39 is 0 Å². The first-order chi connectivity index (χ1) is 8.22. The van der Waals surface area contributed by atoms with Crippen molar-refractivity contribution in [2.75, 3.05) is 0 Å². The van der Waals surface area contributed by atoms with Crippen LogP contribution < -0.4 is 0 Å². The van der Waals surface area contributed by atoms with Gasteiger partial charge in [-0.2, -0.15) is 5.26 Å². The van der Waals surface area contributed by atoms with Gasteiger partial charge in [0.15, 0.2) is 0 Å². The van der Waals surface area contributed by atoms with Crippen LogP contribution >= 0.6 is 15.9 Å². The van der Waals surface area contributed by atoms with E-state index in [0.29, 0.717) is 23.5 Å². The molecule has 3 aliphatic rings. The SMILES string of the molecule is N#CCC[C@H]1CCC2O[C@H]3C[C@@H](Br)C[C@@]2(C3)O1. The van der Waals surface area contributed by atoms with Gasteiger partial charge in [0.25, 0.3) is 0 Å². The van der Waals surface area contributed by atoms with Crippen molar-refractivity contribution in [3.63, 3.8) is 0 Å². The summed E-state index contributed by atoms with van der Waals surface area (Å²) in [7, 11) is 0. The number of fused-ring (bicyclic) bond motifs is 1. The number of nitrogens with zero attached hydrogens (tertiary/aromatic N) is 1. The van der Waals surface area contributed by atoms with E-state index in [4.69, 9.17) is 14.7 Å². The molecule has 0 aromatic carbocycles. The van der Waals surface area contributed by atoms with Crippen molar-refractivity contribution < 1.29 is 9.47 Å². The lowest BCUT2D eigenvalue weighted by Gasteiger charge is -2.43. The summed E-state index contributed by atoms with van der Waals surface area (Å²) < 4.78 is 12.4. The Morgan fingerprint density at radius 3 is 3.06 bits per heavy atom. The fraction of sp³-hybridized carbons (Fsp3) is 0.923. The van der Waals surface area contributed by atoms with Crippen LogP contribution in [0.3, 0.4) is 0 Å². The van der Waals surface area contributed by atoms with Crippen molar-refractivity contribution in [2.24, 2.45) is 0 Å². The maximum Gasteiger partial charge on any atom is 0.0982 e. The molecular weight excluding hydrogens is 282 g/mol. The van der Waals surface area contributed by atoms with E-state index in [-0.39, 0.29) is 11.7 Å². The molecule has 94 valence electrons. The highest BCUT2D eigenvalue weighted by molar-refractivity contribution is 9.09. The monoisotopic (exact) mass is 299 g/mol. The summed E-state index contributed by atoms with van der Waals surface area (Å²) in [6, 6.07) is 2.22. The highest BCUT2D eigenvalue weighted by Gasteiger charge is 2.56. The van der Waals surface area contributed by atoms with Crippen LogP contribution in [0.25, 0.3) is 0 Å². The first-order valence-corrected chi connectivity index (χ1v) is 7.48. The first-order valence-electron chi connectivity index (χ1n) is 6.56. The number of alkyl halides is 1. The summed E-state index contributed by atoms with van der Waals surface area (Å²) in [5, 5.41) is 8.66. The maximum absolute atomic E-state index is 8.66. The highest BCUT2D eigenvalue weighted by atomic mass is 79.9. The summed E-state index contributed by atoms with van der Waals surface area (Å²) in [4.78, 5) is 0.529. The van der Waals surface area contributed by atoms with Gasteiger partial charge in [0.05, 0.1) is 30.0 Å². The van der Waals surface area contributed by atoms with E-state index in [0.717, 1.165) is 38.5 Å². The summed E-state index contributed by atoms with van der Waals surface area (Å²) in [5.41, 5.74) is -0.0462. The average molecular weight is 300 g/mol. The quantitative estimate of drug-likeness (QED) is 0.736. The summed E-state index contributed by atoms with van der Waals surface area (Å²) >= 11 is 3.73. The average Bonchev–Trinajstić information content (AvgIpc) is 2.55. The Hall–Kier alpha value is -0.110. The molecular formula is C13H18BrNO2. The molecule has 2 aliphatic heterocycles. The minimum atomic E-state index is -0.0462. The highest BCUT2D eigenvalue weighted by Crippen LogP contribution is 2.50. The number of hydrogen-bond acceptors (Lipinski definition) is 3. The number of ether oxygens (including phenoxy) is 2. The molecule has 1 spiro atoms. The molecule has 5 atom stereocenters. The van der Waals surface area contributed by atoms with Crippen LogP contribution in [-0.4, -0.2) is 28.7 Å². The molecule has 0 radical (unpaired) electrons. The Balaban J connectivity index is 1.71. The molecule has 2 saturated heterocycles. The molecule has 0 amide bonds. The minimum absolute atomic E-state index is 0.0462. The van der Waals surface area contributed by atoms with E-state index in [1.165, 1.54) is 0 Å². The van der Waals surface area contributed by atoms with Crippen LogP contribution in [0.15, 0.2) is 0 Å². The Labute approximate surface area is 111 Å². The van der Waals surface area contributed by atoms with E-state index in [1.54, 1.807) is 0 Å². The van der Waals surface area contributed by atoms with Gasteiger partial charge in [0, 0.05) is 17.7 Å². The molecule has 1 aliphatic carbocycles. The van der Waals surface area contributed by atoms with Gasteiger partial charge in [-0.05, 0) is 32.1 Å². The van der Waals surface area contributed by atoms with Crippen LogP contribution in [0, 0.1) is 11.3 Å². The second-order valence-electron chi connectivity index (χ2n) is 5.57. The zero-order valence-corrected chi connectivity index (χ0v) is 11.5. The second-order valence-corrected chi connectivity index (χ2v) is 6.86. The molecule has 0 aromatic heterocycles. The maximum atomic E-state index is 8.66. The molecule has 4 heteroatoms. The normalized spacial score (nSPS) is 48.5. The number of rotatable bonds is 2. The Kier molecular flexibility index (Phi) is 3.18. The molecule has 3 fully saturated rings. The largest absolute Gasteiger partial charge is 0.372 e. The minimum Gasteiger partial charge on any atom is -0.372 e. The van der Waals surface area contributed by atoms with Gasteiger partial charge >= 0.3 is 0 Å². The summed E-state index contributed by atoms with van der Waals surface area (Å²) in [6.45, 7) is 0. The van der Waals surface area contributed by atoms with Crippen LogP contribution in [0.1, 0.15) is 44.9 Å². The molecule has 0 N–H and O–H groups in total. The molecule has 17 heavy (non-hydrogen) atoms. The van der Waals surface area contributed by atoms with Gasteiger partial charge in [0.1, 0.15) is 0 Å². The zero-order valence-electron chi connectivity index (χ0n) is 9.90. The van der Waals surface area contributed by atoms with Crippen LogP contribution in [0.2, 0.25) is 0 Å². The van der Waals surface area contributed by atoms with Gasteiger partial charge in [-0.1, -0.05) is 15.9 Å². The molecule has 2 bridgehead atoms. The third-order valence-corrected chi connectivity index (χ3v) is 5.03. The zero-order chi connectivity index (χ0) is 11.9. The van der Waals surface area contributed by atoms with E-state index >= 15 is 0 Å². The lowest BCUT2D eigenvalue weighted by molar-refractivity contribution is -0.165. The predicted molar refractivity (Wildman–Crippen MR) is 66.9 cm³/mol. The first kappa shape index (κ1) is 12.0. The summed E-state index contributed by atoms with van der Waals surface area (Å²) in [6.07, 6.45) is 7.83. The van der Waals surface area contributed by atoms with Crippen molar-refractivity contribution in [3.8, 4) is 6.07 Å². The lowest BCUT2D eigenvalue weighted by atomic mass is 9.78. The lowest BCUT2D eigenvalue weighted by Crippen LogP contribution is -2.50. The van der Waals surface area contributed by atoms with Crippen LogP contribution in [-0.2, 0) is 9.47 Å². The van der Waals surface area contributed by atoms with Gasteiger partial charge in [0.2, 0.25) is 0 Å². The molecule has 3 nitrogen and oxygen atoms in total. The standard InChI is InChI=1S/C13H18BrNO2/c14-9-6-11-8-13(7-9)12(16-11)4-3-10(17-13)2-1-5-15/h9-12H,1-4,6-8H2/t9-,10+,11+,12?,13+/m1/s1. The second kappa shape index (κ2) is 4.53. The number of hydrogen-bond donors (Lipinski definition) is 0. The van der Waals surface area contributed by atoms with E-state index in [2.05, 4.69) is 22.0 Å². The molecule has 0 aromatic rings. The van der Waals surface area contributed by atoms with E-state index in [9.17, 15) is 0 Å². The third kappa shape index (κ3) is 2.14. The van der Waals surface area contributed by atoms with Gasteiger partial charge in [-0.15, -0.1) is 0 Å². The van der Waals surface area contributed by atoms with E-state index in [1.807, 2.05) is 0 Å². The van der Waals surface area contributed by atoms with Crippen molar-refractivity contribution in [2.45, 2.75) is 73.7 Å². The van der Waals surface area contributed by atoms with Crippen LogP contribution in [0.4, 0.5) is 0 Å².